The fourth-order valence-electron chi connectivity index (χ4n) is 3.08. The molecule has 2 N–H and O–H groups in total. The summed E-state index contributed by atoms with van der Waals surface area (Å²) in [6.45, 7) is 1.50. The molecule has 2 aromatic rings. The second kappa shape index (κ2) is 6.93. The molecule has 1 saturated carbocycles. The number of ketones is 1. The molecule has 1 aliphatic rings. The van der Waals surface area contributed by atoms with Crippen molar-refractivity contribution < 1.29 is 23.9 Å². The Balaban J connectivity index is 1.65. The Morgan fingerprint density at radius 3 is 2.40 bits per heavy atom. The number of aliphatic carboxylic acids is 1. The summed E-state index contributed by atoms with van der Waals surface area (Å²) in [5, 5.41) is 11.8. The van der Waals surface area contributed by atoms with E-state index < -0.39 is 11.9 Å². The van der Waals surface area contributed by atoms with Crippen molar-refractivity contribution >= 4 is 17.7 Å². The number of hydrogen-bond donors (Lipinski definition) is 2. The van der Waals surface area contributed by atoms with Gasteiger partial charge in [0, 0.05) is 17.2 Å². The molecule has 1 fully saturated rings. The lowest BCUT2D eigenvalue weighted by molar-refractivity contribution is -0.141. The Bertz CT molecular complexity index is 805. The van der Waals surface area contributed by atoms with Gasteiger partial charge in [-0.05, 0) is 38.3 Å². The Labute approximate surface area is 144 Å². The van der Waals surface area contributed by atoms with Gasteiger partial charge in [0.05, 0.1) is 5.92 Å². The number of carboxylic acid groups (broad SMARTS) is 1. The Morgan fingerprint density at radius 1 is 1.08 bits per heavy atom. The highest BCUT2D eigenvalue weighted by atomic mass is 16.4. The lowest BCUT2D eigenvalue weighted by Gasteiger charge is -2.10. The highest BCUT2D eigenvalue weighted by Gasteiger charge is 2.31. The number of nitrogens with one attached hydrogen (secondary N) is 1. The van der Waals surface area contributed by atoms with Crippen molar-refractivity contribution in [3.05, 3.63) is 47.7 Å². The summed E-state index contributed by atoms with van der Waals surface area (Å²) in [5.74, 6) is -0.840. The molecule has 1 aliphatic carbocycles. The monoisotopic (exact) mass is 341 g/mol. The molecule has 0 saturated heterocycles. The average Bonchev–Trinajstić information content (AvgIpc) is 3.24. The number of furan rings is 1. The number of carboxylic acids is 1. The molecule has 0 spiro atoms. The van der Waals surface area contributed by atoms with Gasteiger partial charge in [-0.25, -0.2) is 0 Å². The number of Topliss-reactive ketones (excluding diaryl/α,β-unsaturated/α-hetero) is 1. The van der Waals surface area contributed by atoms with Crippen molar-refractivity contribution in [1.82, 2.24) is 5.32 Å². The van der Waals surface area contributed by atoms with Crippen molar-refractivity contribution in [2.45, 2.75) is 32.2 Å². The first-order valence-electron chi connectivity index (χ1n) is 8.19. The first-order valence-corrected chi connectivity index (χ1v) is 8.19. The normalized spacial score (nSPS) is 19.6. The minimum atomic E-state index is -0.814. The minimum Gasteiger partial charge on any atom is -0.481 e. The van der Waals surface area contributed by atoms with Crippen molar-refractivity contribution in [1.29, 1.82) is 0 Å². The SMILES string of the molecule is CC(=O)c1ccc(-c2ccc(C(=O)N[C@H]3CC[C@@H](C(=O)O)C3)o2)cc1. The third kappa shape index (κ3) is 3.79. The molecule has 3 rings (SSSR count). The predicted octanol–water partition coefficient (Wildman–Crippen LogP) is 3.13. The highest BCUT2D eigenvalue weighted by Crippen LogP contribution is 2.27. The van der Waals surface area contributed by atoms with E-state index in [0.29, 0.717) is 30.6 Å². The lowest BCUT2D eigenvalue weighted by atomic mass is 10.1. The van der Waals surface area contributed by atoms with Crippen LogP contribution in [0, 0.1) is 5.92 Å². The zero-order valence-corrected chi connectivity index (χ0v) is 13.8. The summed E-state index contributed by atoms with van der Waals surface area (Å²) in [6, 6.07) is 10.1. The minimum absolute atomic E-state index is 0.0118. The topological polar surface area (TPSA) is 96.6 Å². The first kappa shape index (κ1) is 17.0. The van der Waals surface area contributed by atoms with Gasteiger partial charge in [-0.3, -0.25) is 14.4 Å². The van der Waals surface area contributed by atoms with E-state index in [0.717, 1.165) is 5.56 Å². The second-order valence-electron chi connectivity index (χ2n) is 6.32. The van der Waals surface area contributed by atoms with Gasteiger partial charge in [-0.1, -0.05) is 24.3 Å². The van der Waals surface area contributed by atoms with E-state index in [1.54, 1.807) is 36.4 Å². The van der Waals surface area contributed by atoms with E-state index in [1.807, 2.05) is 0 Å². The van der Waals surface area contributed by atoms with Crippen LogP contribution in [0.15, 0.2) is 40.8 Å². The van der Waals surface area contributed by atoms with E-state index in [4.69, 9.17) is 9.52 Å². The third-order valence-corrected chi connectivity index (χ3v) is 4.52. The van der Waals surface area contributed by atoms with E-state index in [2.05, 4.69) is 5.32 Å². The molecule has 1 amide bonds. The highest BCUT2D eigenvalue weighted by molar-refractivity contribution is 5.94. The Hall–Kier alpha value is -2.89. The molecular weight excluding hydrogens is 322 g/mol. The van der Waals surface area contributed by atoms with Crippen LogP contribution in [-0.4, -0.2) is 28.8 Å². The maximum atomic E-state index is 12.3. The number of carbonyl (C=O) groups excluding carboxylic acids is 2. The van der Waals surface area contributed by atoms with Gasteiger partial charge < -0.3 is 14.8 Å². The Kier molecular flexibility index (Phi) is 4.70. The molecule has 25 heavy (non-hydrogen) atoms. The summed E-state index contributed by atoms with van der Waals surface area (Å²) in [7, 11) is 0. The van der Waals surface area contributed by atoms with Crippen LogP contribution in [0.1, 0.15) is 47.1 Å². The van der Waals surface area contributed by atoms with Crippen LogP contribution in [0.4, 0.5) is 0 Å². The smallest absolute Gasteiger partial charge is 0.306 e. The van der Waals surface area contributed by atoms with E-state index >= 15 is 0 Å². The zero-order chi connectivity index (χ0) is 18.0. The summed E-state index contributed by atoms with van der Waals surface area (Å²) in [4.78, 5) is 34.5. The first-order chi connectivity index (χ1) is 11.9. The van der Waals surface area contributed by atoms with Crippen LogP contribution in [0.3, 0.4) is 0 Å². The quantitative estimate of drug-likeness (QED) is 0.815. The van der Waals surface area contributed by atoms with Crippen LogP contribution in [0.5, 0.6) is 0 Å². The molecule has 6 nitrogen and oxygen atoms in total. The van der Waals surface area contributed by atoms with Crippen molar-refractivity contribution in [3.63, 3.8) is 0 Å². The van der Waals surface area contributed by atoms with Crippen LogP contribution in [-0.2, 0) is 4.79 Å². The van der Waals surface area contributed by atoms with Crippen LogP contribution in [0.2, 0.25) is 0 Å². The summed E-state index contributed by atoms with van der Waals surface area (Å²) in [6.07, 6.45) is 1.68. The number of carbonyl (C=O) groups is 3. The summed E-state index contributed by atoms with van der Waals surface area (Å²) >= 11 is 0. The van der Waals surface area contributed by atoms with Gasteiger partial charge in [-0.2, -0.15) is 0 Å². The molecule has 2 atom stereocenters. The van der Waals surface area contributed by atoms with Crippen LogP contribution in [0.25, 0.3) is 11.3 Å². The molecular formula is C19H19NO5. The standard InChI is InChI=1S/C19H19NO5/c1-11(21)12-2-4-13(5-3-12)16-8-9-17(25-16)18(22)20-15-7-6-14(10-15)19(23)24/h2-5,8-9,14-15H,6-7,10H2,1H3,(H,20,22)(H,23,24)/t14-,15+/m1/s1. The van der Waals surface area contributed by atoms with Gasteiger partial charge in [0.1, 0.15) is 5.76 Å². The molecule has 0 radical (unpaired) electrons. The van der Waals surface area contributed by atoms with Crippen molar-refractivity contribution in [3.8, 4) is 11.3 Å². The number of hydrogen-bond acceptors (Lipinski definition) is 4. The molecule has 0 bridgehead atoms. The number of rotatable bonds is 5. The van der Waals surface area contributed by atoms with Gasteiger partial charge in [0.2, 0.25) is 0 Å². The molecule has 6 heteroatoms. The van der Waals surface area contributed by atoms with Gasteiger partial charge in [-0.15, -0.1) is 0 Å². The van der Waals surface area contributed by atoms with Gasteiger partial charge in [0.15, 0.2) is 11.5 Å². The molecule has 0 unspecified atom stereocenters. The van der Waals surface area contributed by atoms with E-state index in [1.165, 1.54) is 6.92 Å². The van der Waals surface area contributed by atoms with E-state index in [9.17, 15) is 14.4 Å². The fourth-order valence-corrected chi connectivity index (χ4v) is 3.08. The largest absolute Gasteiger partial charge is 0.481 e. The summed E-state index contributed by atoms with van der Waals surface area (Å²) in [5.41, 5.74) is 1.39. The van der Waals surface area contributed by atoms with Gasteiger partial charge >= 0.3 is 5.97 Å². The van der Waals surface area contributed by atoms with Crippen molar-refractivity contribution in [2.75, 3.05) is 0 Å². The second-order valence-corrected chi connectivity index (χ2v) is 6.32. The maximum Gasteiger partial charge on any atom is 0.306 e. The molecule has 1 heterocycles. The number of amides is 1. The molecule has 0 aliphatic heterocycles. The zero-order valence-electron chi connectivity index (χ0n) is 13.8. The van der Waals surface area contributed by atoms with Gasteiger partial charge in [0.25, 0.3) is 5.91 Å². The number of benzene rings is 1. The summed E-state index contributed by atoms with van der Waals surface area (Å²) < 4.78 is 5.60. The predicted molar refractivity (Wildman–Crippen MR) is 90.4 cm³/mol. The lowest BCUT2D eigenvalue weighted by Crippen LogP contribution is -2.33. The average molecular weight is 341 g/mol. The van der Waals surface area contributed by atoms with Crippen LogP contribution >= 0.6 is 0 Å². The molecule has 130 valence electrons. The Morgan fingerprint density at radius 2 is 1.80 bits per heavy atom. The fraction of sp³-hybridized carbons (Fsp3) is 0.316. The maximum absolute atomic E-state index is 12.3. The van der Waals surface area contributed by atoms with Crippen LogP contribution < -0.4 is 5.32 Å². The molecule has 1 aromatic carbocycles. The van der Waals surface area contributed by atoms with E-state index in [-0.39, 0.29) is 23.5 Å². The molecule has 1 aromatic heterocycles. The van der Waals surface area contributed by atoms with Crippen molar-refractivity contribution in [2.24, 2.45) is 5.92 Å². The third-order valence-electron chi connectivity index (χ3n) is 4.52.